The number of rotatable bonds is 6. The Hall–Kier alpha value is -1.32. The van der Waals surface area contributed by atoms with Crippen LogP contribution in [0.4, 0.5) is 0 Å². The van der Waals surface area contributed by atoms with E-state index in [2.05, 4.69) is 26.0 Å². The van der Waals surface area contributed by atoms with E-state index in [0.29, 0.717) is 0 Å². The van der Waals surface area contributed by atoms with E-state index in [1.165, 1.54) is 0 Å². The average molecular weight is 322 g/mol. The summed E-state index contributed by atoms with van der Waals surface area (Å²) in [6.07, 6.45) is 6.44. The van der Waals surface area contributed by atoms with Gasteiger partial charge in [-0.25, -0.2) is 0 Å². The summed E-state index contributed by atoms with van der Waals surface area (Å²) in [4.78, 5) is 25.6. The molecule has 23 heavy (non-hydrogen) atoms. The van der Waals surface area contributed by atoms with Crippen molar-refractivity contribution in [3.63, 3.8) is 0 Å². The zero-order valence-electron chi connectivity index (χ0n) is 15.2. The molecule has 4 unspecified atom stereocenters. The SMILES string of the molecule is CCC12C=CC(CC)(C1)C(C(=O)OC(C)C)C2C(=O)OC(C)C. The van der Waals surface area contributed by atoms with Crippen molar-refractivity contribution in [2.75, 3.05) is 0 Å². The van der Waals surface area contributed by atoms with E-state index in [1.54, 1.807) is 0 Å². The van der Waals surface area contributed by atoms with E-state index in [9.17, 15) is 9.59 Å². The molecule has 1 fully saturated rings. The Morgan fingerprint density at radius 1 is 0.913 bits per heavy atom. The third kappa shape index (κ3) is 2.92. The quantitative estimate of drug-likeness (QED) is 0.550. The van der Waals surface area contributed by atoms with Gasteiger partial charge in [-0.2, -0.15) is 0 Å². The number of carbonyl (C=O) groups excluding carboxylic acids is 2. The van der Waals surface area contributed by atoms with Crippen LogP contribution < -0.4 is 0 Å². The van der Waals surface area contributed by atoms with Crippen molar-refractivity contribution in [2.24, 2.45) is 22.7 Å². The standard InChI is InChI=1S/C19H30O4/c1-7-18-9-10-19(8-2,11-18)15(17(21)23-13(5)6)14(18)16(20)22-12(3)4/h9-10,12-15H,7-8,11H2,1-6H3. The Labute approximate surface area is 139 Å². The van der Waals surface area contributed by atoms with Crippen molar-refractivity contribution < 1.29 is 19.1 Å². The Bertz CT molecular complexity index is 463. The summed E-state index contributed by atoms with van der Waals surface area (Å²) in [5.41, 5.74) is -0.550. The predicted molar refractivity (Wildman–Crippen MR) is 88.6 cm³/mol. The van der Waals surface area contributed by atoms with Crippen molar-refractivity contribution in [2.45, 2.75) is 73.0 Å². The largest absolute Gasteiger partial charge is 0.463 e. The van der Waals surface area contributed by atoms with Crippen LogP contribution in [0.3, 0.4) is 0 Å². The Morgan fingerprint density at radius 3 is 1.52 bits per heavy atom. The van der Waals surface area contributed by atoms with Gasteiger partial charge >= 0.3 is 11.9 Å². The van der Waals surface area contributed by atoms with Gasteiger partial charge in [0.25, 0.3) is 0 Å². The van der Waals surface area contributed by atoms with Gasteiger partial charge < -0.3 is 9.47 Å². The molecule has 2 aliphatic rings. The number of hydrogen-bond acceptors (Lipinski definition) is 4. The number of esters is 2. The fourth-order valence-corrected chi connectivity index (χ4v) is 4.43. The zero-order chi connectivity index (χ0) is 17.4. The fourth-order valence-electron chi connectivity index (χ4n) is 4.43. The first-order valence-corrected chi connectivity index (χ1v) is 8.82. The molecular formula is C19H30O4. The fraction of sp³-hybridized carbons (Fsp3) is 0.789. The lowest BCUT2D eigenvalue weighted by Crippen LogP contribution is -2.43. The molecule has 1 saturated carbocycles. The molecule has 0 aromatic rings. The van der Waals surface area contributed by atoms with Crippen LogP contribution in [0.15, 0.2) is 12.2 Å². The van der Waals surface area contributed by atoms with Gasteiger partial charge in [-0.1, -0.05) is 26.0 Å². The molecule has 2 aliphatic carbocycles. The van der Waals surface area contributed by atoms with E-state index in [0.717, 1.165) is 19.3 Å². The van der Waals surface area contributed by atoms with Crippen LogP contribution in [-0.4, -0.2) is 24.1 Å². The first kappa shape index (κ1) is 18.0. The minimum Gasteiger partial charge on any atom is -0.463 e. The Kier molecular flexibility index (Phi) is 4.93. The topological polar surface area (TPSA) is 52.6 Å². The number of allylic oxidation sites excluding steroid dienone is 2. The van der Waals surface area contributed by atoms with Gasteiger partial charge in [0.2, 0.25) is 0 Å². The summed E-state index contributed by atoms with van der Waals surface area (Å²) in [6.45, 7) is 11.5. The highest BCUT2D eigenvalue weighted by Gasteiger charge is 2.66. The maximum atomic E-state index is 12.8. The maximum absolute atomic E-state index is 12.8. The molecule has 0 radical (unpaired) electrons. The van der Waals surface area contributed by atoms with Crippen molar-refractivity contribution in [3.8, 4) is 0 Å². The first-order valence-electron chi connectivity index (χ1n) is 8.82. The molecule has 2 bridgehead atoms. The summed E-state index contributed by atoms with van der Waals surface area (Å²) < 4.78 is 11.0. The second-order valence-electron chi connectivity index (χ2n) is 7.61. The molecule has 0 aliphatic heterocycles. The van der Waals surface area contributed by atoms with Crippen molar-refractivity contribution in [1.82, 2.24) is 0 Å². The molecule has 0 aromatic heterocycles. The highest BCUT2D eigenvalue weighted by atomic mass is 16.6. The molecule has 0 saturated heterocycles. The minimum atomic E-state index is -0.439. The number of ether oxygens (including phenoxy) is 2. The van der Waals surface area contributed by atoms with Crippen molar-refractivity contribution in [3.05, 3.63) is 12.2 Å². The van der Waals surface area contributed by atoms with Gasteiger partial charge in [-0.05, 0) is 47.0 Å². The van der Waals surface area contributed by atoms with Gasteiger partial charge in [-0.3, -0.25) is 9.59 Å². The minimum absolute atomic E-state index is 0.182. The monoisotopic (exact) mass is 322 g/mol. The van der Waals surface area contributed by atoms with Crippen LogP contribution in [0.2, 0.25) is 0 Å². The van der Waals surface area contributed by atoms with Crippen molar-refractivity contribution >= 4 is 11.9 Å². The molecule has 0 amide bonds. The van der Waals surface area contributed by atoms with Gasteiger partial charge in [0, 0.05) is 10.8 Å². The summed E-state index contributed by atoms with van der Waals surface area (Å²) in [6, 6.07) is 0. The highest BCUT2D eigenvalue weighted by molar-refractivity contribution is 5.86. The molecule has 0 heterocycles. The van der Waals surface area contributed by atoms with Crippen LogP contribution >= 0.6 is 0 Å². The van der Waals surface area contributed by atoms with Crippen LogP contribution in [-0.2, 0) is 19.1 Å². The van der Waals surface area contributed by atoms with E-state index < -0.39 is 11.8 Å². The second-order valence-corrected chi connectivity index (χ2v) is 7.61. The lowest BCUT2D eigenvalue weighted by Gasteiger charge is -2.36. The molecule has 4 nitrogen and oxygen atoms in total. The van der Waals surface area contributed by atoms with Crippen molar-refractivity contribution in [1.29, 1.82) is 0 Å². The molecule has 4 atom stereocenters. The molecule has 0 N–H and O–H groups in total. The van der Waals surface area contributed by atoms with Crippen LogP contribution in [0.5, 0.6) is 0 Å². The van der Waals surface area contributed by atoms with E-state index in [-0.39, 0.29) is 35.0 Å². The lowest BCUT2D eigenvalue weighted by atomic mass is 9.68. The normalized spacial score (nSPS) is 35.1. The molecule has 2 rings (SSSR count). The van der Waals surface area contributed by atoms with E-state index in [4.69, 9.17) is 9.47 Å². The number of carbonyl (C=O) groups is 2. The van der Waals surface area contributed by atoms with Gasteiger partial charge in [0.1, 0.15) is 0 Å². The van der Waals surface area contributed by atoms with Crippen LogP contribution in [0, 0.1) is 22.7 Å². The van der Waals surface area contributed by atoms with Gasteiger partial charge in [-0.15, -0.1) is 0 Å². The highest BCUT2D eigenvalue weighted by Crippen LogP contribution is 2.66. The number of fused-ring (bicyclic) bond motifs is 2. The average Bonchev–Trinajstić information content (AvgIpc) is 2.98. The van der Waals surface area contributed by atoms with Gasteiger partial charge in [0.15, 0.2) is 0 Å². The van der Waals surface area contributed by atoms with Crippen LogP contribution in [0.1, 0.15) is 60.8 Å². The molecule has 0 aromatic carbocycles. The van der Waals surface area contributed by atoms with Gasteiger partial charge in [0.05, 0.1) is 24.0 Å². The third-order valence-corrected chi connectivity index (χ3v) is 5.51. The summed E-state index contributed by atoms with van der Waals surface area (Å²) in [5, 5.41) is 0. The summed E-state index contributed by atoms with van der Waals surface area (Å²) >= 11 is 0. The smallest absolute Gasteiger partial charge is 0.310 e. The summed E-state index contributed by atoms with van der Waals surface area (Å²) in [7, 11) is 0. The zero-order valence-corrected chi connectivity index (χ0v) is 15.2. The Balaban J connectivity index is 2.43. The second kappa shape index (κ2) is 6.29. The Morgan fingerprint density at radius 2 is 1.26 bits per heavy atom. The summed E-state index contributed by atoms with van der Waals surface area (Å²) in [5.74, 6) is -1.39. The lowest BCUT2D eigenvalue weighted by molar-refractivity contribution is -0.169. The predicted octanol–water partition coefficient (Wildman–Crippen LogP) is 3.89. The number of hydrogen-bond donors (Lipinski definition) is 0. The maximum Gasteiger partial charge on any atom is 0.310 e. The molecule has 0 spiro atoms. The van der Waals surface area contributed by atoms with E-state index >= 15 is 0 Å². The third-order valence-electron chi connectivity index (χ3n) is 5.51. The van der Waals surface area contributed by atoms with Crippen LogP contribution in [0.25, 0.3) is 0 Å². The first-order chi connectivity index (χ1) is 10.7. The van der Waals surface area contributed by atoms with E-state index in [1.807, 2.05) is 27.7 Å². The molecule has 130 valence electrons. The molecular weight excluding hydrogens is 292 g/mol. The molecule has 4 heteroatoms.